The Morgan fingerprint density at radius 3 is 2.30 bits per heavy atom. The van der Waals surface area contributed by atoms with E-state index < -0.39 is 42.6 Å². The van der Waals surface area contributed by atoms with Crippen molar-refractivity contribution in [2.45, 2.75) is 26.6 Å². The summed E-state index contributed by atoms with van der Waals surface area (Å²) in [5.41, 5.74) is 1.21. The smallest absolute Gasteiger partial charge is 0.338 e. The molecule has 0 saturated carbocycles. The zero-order valence-electron chi connectivity index (χ0n) is 16.5. The molecule has 0 unspecified atom stereocenters. The standard InChI is InChI=1S/C21H22F2N2O5/c1-13(2)29-11-14-3-5-15(6-4-14)21(28)30-12-20(27)24-10-19(26)25-16-7-8-17(22)18(23)9-16/h3-9,13H,10-12H2,1-2H3,(H,24,27)(H,25,26). The number of ether oxygens (including phenoxy) is 2. The quantitative estimate of drug-likeness (QED) is 0.609. The molecule has 2 aromatic rings. The fraction of sp³-hybridized carbons (Fsp3) is 0.286. The first-order valence-corrected chi connectivity index (χ1v) is 9.14. The fourth-order valence-corrected chi connectivity index (χ4v) is 2.22. The van der Waals surface area contributed by atoms with E-state index in [0.717, 1.165) is 17.7 Å². The molecule has 0 aromatic heterocycles. The van der Waals surface area contributed by atoms with E-state index in [1.165, 1.54) is 6.07 Å². The third-order valence-electron chi connectivity index (χ3n) is 3.76. The van der Waals surface area contributed by atoms with E-state index in [1.54, 1.807) is 24.3 Å². The van der Waals surface area contributed by atoms with Crippen LogP contribution in [0.3, 0.4) is 0 Å². The molecule has 160 valence electrons. The van der Waals surface area contributed by atoms with E-state index >= 15 is 0 Å². The molecule has 2 amide bonds. The van der Waals surface area contributed by atoms with Gasteiger partial charge in [0, 0.05) is 11.8 Å². The maximum Gasteiger partial charge on any atom is 0.338 e. The maximum absolute atomic E-state index is 13.1. The van der Waals surface area contributed by atoms with Gasteiger partial charge in [0.05, 0.1) is 24.8 Å². The predicted molar refractivity (Wildman–Crippen MR) is 105 cm³/mol. The van der Waals surface area contributed by atoms with Gasteiger partial charge in [0.25, 0.3) is 5.91 Å². The Hall–Kier alpha value is -3.33. The molecular weight excluding hydrogens is 398 g/mol. The number of halogens is 2. The van der Waals surface area contributed by atoms with E-state index in [-0.39, 0.29) is 17.4 Å². The summed E-state index contributed by atoms with van der Waals surface area (Å²) >= 11 is 0. The molecule has 30 heavy (non-hydrogen) atoms. The second-order valence-electron chi connectivity index (χ2n) is 6.59. The van der Waals surface area contributed by atoms with E-state index in [0.29, 0.717) is 6.61 Å². The van der Waals surface area contributed by atoms with Gasteiger partial charge in [-0.25, -0.2) is 13.6 Å². The van der Waals surface area contributed by atoms with Crippen molar-refractivity contribution in [3.63, 3.8) is 0 Å². The molecule has 0 aliphatic heterocycles. The lowest BCUT2D eigenvalue weighted by molar-refractivity contribution is -0.126. The lowest BCUT2D eigenvalue weighted by atomic mass is 10.1. The van der Waals surface area contributed by atoms with Crippen molar-refractivity contribution in [2.75, 3.05) is 18.5 Å². The van der Waals surface area contributed by atoms with Crippen molar-refractivity contribution < 1.29 is 32.6 Å². The first-order chi connectivity index (χ1) is 14.2. The van der Waals surface area contributed by atoms with Crippen LogP contribution in [-0.2, 0) is 25.7 Å². The van der Waals surface area contributed by atoms with Crippen molar-refractivity contribution in [2.24, 2.45) is 0 Å². The lowest BCUT2D eigenvalue weighted by Gasteiger charge is -2.09. The molecule has 0 saturated heterocycles. The van der Waals surface area contributed by atoms with Crippen LogP contribution in [0.5, 0.6) is 0 Å². The Balaban J connectivity index is 1.72. The molecule has 2 aromatic carbocycles. The number of carbonyl (C=O) groups excluding carboxylic acids is 3. The maximum atomic E-state index is 13.1. The monoisotopic (exact) mass is 420 g/mol. The van der Waals surface area contributed by atoms with Crippen LogP contribution in [0.1, 0.15) is 29.8 Å². The number of anilines is 1. The molecule has 0 fully saturated rings. The van der Waals surface area contributed by atoms with E-state index in [4.69, 9.17) is 9.47 Å². The summed E-state index contributed by atoms with van der Waals surface area (Å²) in [7, 11) is 0. The van der Waals surface area contributed by atoms with Crippen LogP contribution in [0.4, 0.5) is 14.5 Å². The summed E-state index contributed by atoms with van der Waals surface area (Å²) in [6.07, 6.45) is 0.0899. The molecule has 0 radical (unpaired) electrons. The van der Waals surface area contributed by atoms with E-state index in [1.807, 2.05) is 13.8 Å². The molecule has 0 bridgehead atoms. The highest BCUT2D eigenvalue weighted by atomic mass is 19.2. The normalized spacial score (nSPS) is 10.6. The Bertz CT molecular complexity index is 901. The molecule has 0 aliphatic rings. The largest absolute Gasteiger partial charge is 0.452 e. The van der Waals surface area contributed by atoms with Crippen molar-refractivity contribution in [1.29, 1.82) is 0 Å². The molecule has 0 aliphatic carbocycles. The molecule has 0 spiro atoms. The molecule has 2 N–H and O–H groups in total. The van der Waals surface area contributed by atoms with Crippen molar-refractivity contribution in [3.05, 3.63) is 65.2 Å². The average molecular weight is 420 g/mol. The van der Waals surface area contributed by atoms with Crippen LogP contribution in [0.15, 0.2) is 42.5 Å². The minimum atomic E-state index is -1.11. The van der Waals surface area contributed by atoms with Crippen LogP contribution in [0, 0.1) is 11.6 Å². The van der Waals surface area contributed by atoms with Crippen molar-refractivity contribution in [3.8, 4) is 0 Å². The Kier molecular flexibility index (Phi) is 8.42. The minimum absolute atomic E-state index is 0.0433. The van der Waals surface area contributed by atoms with Gasteiger partial charge in [-0.2, -0.15) is 0 Å². The van der Waals surface area contributed by atoms with Gasteiger partial charge in [-0.15, -0.1) is 0 Å². The number of rotatable bonds is 9. The first kappa shape index (κ1) is 23.0. The SMILES string of the molecule is CC(C)OCc1ccc(C(=O)OCC(=O)NCC(=O)Nc2ccc(F)c(F)c2)cc1. The summed E-state index contributed by atoms with van der Waals surface area (Å²) in [5, 5.41) is 4.56. The number of nitrogens with one attached hydrogen (secondary N) is 2. The van der Waals surface area contributed by atoms with Gasteiger partial charge in [-0.1, -0.05) is 12.1 Å². The molecule has 0 heterocycles. The van der Waals surface area contributed by atoms with Crippen LogP contribution < -0.4 is 10.6 Å². The van der Waals surface area contributed by atoms with Crippen molar-refractivity contribution >= 4 is 23.5 Å². The third-order valence-corrected chi connectivity index (χ3v) is 3.76. The number of amides is 2. The molecule has 2 rings (SSSR count). The number of esters is 1. The Labute approximate surface area is 172 Å². The summed E-state index contributed by atoms with van der Waals surface area (Å²) in [4.78, 5) is 35.5. The minimum Gasteiger partial charge on any atom is -0.452 e. The van der Waals surface area contributed by atoms with Gasteiger partial charge in [-0.3, -0.25) is 9.59 Å². The second-order valence-corrected chi connectivity index (χ2v) is 6.59. The fourth-order valence-electron chi connectivity index (χ4n) is 2.22. The van der Waals surface area contributed by atoms with E-state index in [9.17, 15) is 23.2 Å². The second kappa shape index (κ2) is 11.0. The topological polar surface area (TPSA) is 93.7 Å². The number of hydrogen-bond donors (Lipinski definition) is 2. The van der Waals surface area contributed by atoms with Gasteiger partial charge in [0.15, 0.2) is 18.2 Å². The summed E-state index contributed by atoms with van der Waals surface area (Å²) < 4.78 is 36.3. The Morgan fingerprint density at radius 2 is 1.67 bits per heavy atom. The Morgan fingerprint density at radius 1 is 0.967 bits per heavy atom. The van der Waals surface area contributed by atoms with Gasteiger partial charge >= 0.3 is 5.97 Å². The number of carbonyl (C=O) groups is 3. The van der Waals surface area contributed by atoms with Crippen LogP contribution >= 0.6 is 0 Å². The summed E-state index contributed by atoms with van der Waals surface area (Å²) in [6, 6.07) is 9.44. The zero-order valence-corrected chi connectivity index (χ0v) is 16.5. The van der Waals surface area contributed by atoms with Gasteiger partial charge in [-0.05, 0) is 43.7 Å². The third kappa shape index (κ3) is 7.59. The highest BCUT2D eigenvalue weighted by Crippen LogP contribution is 2.12. The van der Waals surface area contributed by atoms with Crippen LogP contribution in [0.25, 0.3) is 0 Å². The lowest BCUT2D eigenvalue weighted by Crippen LogP contribution is -2.35. The van der Waals surface area contributed by atoms with Crippen LogP contribution in [-0.4, -0.2) is 37.0 Å². The highest BCUT2D eigenvalue weighted by molar-refractivity contribution is 5.95. The van der Waals surface area contributed by atoms with Gasteiger partial charge in [0.2, 0.25) is 5.91 Å². The van der Waals surface area contributed by atoms with Gasteiger partial charge in [0.1, 0.15) is 0 Å². The van der Waals surface area contributed by atoms with Crippen LogP contribution in [0.2, 0.25) is 0 Å². The molecule has 0 atom stereocenters. The highest BCUT2D eigenvalue weighted by Gasteiger charge is 2.12. The molecule has 9 heteroatoms. The molecule has 7 nitrogen and oxygen atoms in total. The number of benzene rings is 2. The zero-order chi connectivity index (χ0) is 22.1. The molecular formula is C21H22F2N2O5. The number of hydrogen-bond acceptors (Lipinski definition) is 5. The van der Waals surface area contributed by atoms with E-state index in [2.05, 4.69) is 10.6 Å². The summed E-state index contributed by atoms with van der Waals surface area (Å²) in [6.45, 7) is 3.25. The average Bonchev–Trinajstić information content (AvgIpc) is 2.72. The first-order valence-electron chi connectivity index (χ1n) is 9.14. The predicted octanol–water partition coefficient (Wildman–Crippen LogP) is 2.80. The summed E-state index contributed by atoms with van der Waals surface area (Å²) in [5.74, 6) is -4.18. The van der Waals surface area contributed by atoms with Crippen molar-refractivity contribution in [1.82, 2.24) is 5.32 Å². The van der Waals surface area contributed by atoms with Gasteiger partial charge < -0.3 is 20.1 Å².